The van der Waals surface area contributed by atoms with Crippen molar-refractivity contribution in [1.82, 2.24) is 0 Å². The maximum atomic E-state index is 7.10. The number of rotatable bonds is 34. The standard InChI is InChI=1S/C46H74O7/c1-7-13-21-31-41(47-33-15-9-3)43(49-35-17-11-5)45(51-37-39-27-23-19-24-28-39)53-46(52-38-40-29-25-20-26-30-40)44(50-36-18-12-6)42(32-22-14-8-2)48-34-16-10-4/h19-20,23-30,45-46H,7-18,21-22,31-38H2,1-6H3. The highest BCUT2D eigenvalue weighted by molar-refractivity contribution is 5.15. The average Bonchev–Trinajstić information content (AvgIpc) is 3.18. The minimum atomic E-state index is -0.927. The van der Waals surface area contributed by atoms with Gasteiger partial charge in [-0.05, 0) is 49.7 Å². The summed E-state index contributed by atoms with van der Waals surface area (Å²) in [6.45, 7) is 16.1. The highest BCUT2D eigenvalue weighted by atomic mass is 16.8. The lowest BCUT2D eigenvalue weighted by Gasteiger charge is -2.30. The molecule has 2 rings (SSSR count). The quantitative estimate of drug-likeness (QED) is 0.0402. The summed E-state index contributed by atoms with van der Waals surface area (Å²) >= 11 is 0. The maximum Gasteiger partial charge on any atom is 0.223 e. The lowest BCUT2D eigenvalue weighted by atomic mass is 10.1. The fourth-order valence-electron chi connectivity index (χ4n) is 5.45. The molecule has 2 atom stereocenters. The van der Waals surface area contributed by atoms with Gasteiger partial charge in [-0.15, -0.1) is 0 Å². The SMILES string of the molecule is CCCCCC(OCCCC)=C(OCCCC)C(OCc1ccccc1)OC(OCc1ccccc1)C(OCCCC)=C(CCCCC)OCCCC. The van der Waals surface area contributed by atoms with Crippen molar-refractivity contribution >= 4 is 0 Å². The van der Waals surface area contributed by atoms with Crippen LogP contribution in [-0.2, 0) is 46.4 Å². The van der Waals surface area contributed by atoms with E-state index in [9.17, 15) is 0 Å². The molecule has 0 aliphatic heterocycles. The zero-order valence-corrected chi connectivity index (χ0v) is 34.3. The molecule has 0 N–H and O–H groups in total. The minimum absolute atomic E-state index is 0.320. The van der Waals surface area contributed by atoms with E-state index in [1.807, 2.05) is 36.4 Å². The molecule has 7 nitrogen and oxygen atoms in total. The van der Waals surface area contributed by atoms with E-state index >= 15 is 0 Å². The van der Waals surface area contributed by atoms with E-state index in [4.69, 9.17) is 33.2 Å². The monoisotopic (exact) mass is 739 g/mol. The van der Waals surface area contributed by atoms with Gasteiger partial charge in [0.05, 0.1) is 39.6 Å². The van der Waals surface area contributed by atoms with Crippen LogP contribution >= 0.6 is 0 Å². The number of unbranched alkanes of at least 4 members (excludes halogenated alkanes) is 8. The molecule has 2 aromatic rings. The van der Waals surface area contributed by atoms with Crippen molar-refractivity contribution < 1.29 is 33.2 Å². The zero-order valence-electron chi connectivity index (χ0n) is 34.3. The third-order valence-electron chi connectivity index (χ3n) is 8.79. The lowest BCUT2D eigenvalue weighted by molar-refractivity contribution is -0.249. The topological polar surface area (TPSA) is 64.6 Å². The molecule has 2 unspecified atom stereocenters. The Morgan fingerprint density at radius 1 is 0.415 bits per heavy atom. The Morgan fingerprint density at radius 3 is 1.09 bits per heavy atom. The number of benzene rings is 2. The first-order valence-corrected chi connectivity index (χ1v) is 21.0. The van der Waals surface area contributed by atoms with Crippen molar-refractivity contribution in [2.75, 3.05) is 26.4 Å². The van der Waals surface area contributed by atoms with Gasteiger partial charge in [-0.25, -0.2) is 0 Å². The van der Waals surface area contributed by atoms with Gasteiger partial charge in [0.25, 0.3) is 0 Å². The van der Waals surface area contributed by atoms with Gasteiger partial charge < -0.3 is 33.2 Å². The van der Waals surface area contributed by atoms with E-state index in [2.05, 4.69) is 65.8 Å². The Kier molecular flexibility index (Phi) is 27.3. The first-order chi connectivity index (χ1) is 26.1. The minimum Gasteiger partial charge on any atom is -0.494 e. The van der Waals surface area contributed by atoms with E-state index in [-0.39, 0.29) is 0 Å². The maximum absolute atomic E-state index is 7.10. The van der Waals surface area contributed by atoms with Crippen LogP contribution in [-0.4, -0.2) is 39.0 Å². The van der Waals surface area contributed by atoms with Crippen LogP contribution in [0.25, 0.3) is 0 Å². The van der Waals surface area contributed by atoms with Crippen LogP contribution < -0.4 is 0 Å². The van der Waals surface area contributed by atoms with Gasteiger partial charge >= 0.3 is 0 Å². The Labute approximate surface area is 323 Å². The first-order valence-electron chi connectivity index (χ1n) is 21.0. The molecule has 0 spiro atoms. The summed E-state index contributed by atoms with van der Waals surface area (Å²) in [7, 11) is 0. The van der Waals surface area contributed by atoms with Crippen molar-refractivity contribution in [3.63, 3.8) is 0 Å². The zero-order chi connectivity index (χ0) is 38.2. The molecular formula is C46H74O7. The van der Waals surface area contributed by atoms with E-state index in [0.29, 0.717) is 51.2 Å². The van der Waals surface area contributed by atoms with Crippen LogP contribution in [0.3, 0.4) is 0 Å². The van der Waals surface area contributed by atoms with Crippen molar-refractivity contribution in [3.05, 3.63) is 94.8 Å². The van der Waals surface area contributed by atoms with Gasteiger partial charge in [-0.3, -0.25) is 0 Å². The van der Waals surface area contributed by atoms with Crippen LogP contribution in [0.5, 0.6) is 0 Å². The number of allylic oxidation sites excluding steroid dienone is 2. The highest BCUT2D eigenvalue weighted by Gasteiger charge is 2.32. The predicted molar refractivity (Wildman–Crippen MR) is 217 cm³/mol. The second kappa shape index (κ2) is 31.4. The summed E-state index contributed by atoms with van der Waals surface area (Å²) in [5, 5.41) is 0. The lowest BCUT2D eigenvalue weighted by Crippen LogP contribution is -2.33. The van der Waals surface area contributed by atoms with Crippen LogP contribution in [0.15, 0.2) is 83.7 Å². The van der Waals surface area contributed by atoms with Gasteiger partial charge in [0.2, 0.25) is 12.6 Å². The molecule has 0 radical (unpaired) electrons. The molecule has 0 saturated carbocycles. The number of hydrogen-bond donors (Lipinski definition) is 0. The summed E-state index contributed by atoms with van der Waals surface area (Å²) in [6, 6.07) is 20.4. The molecule has 300 valence electrons. The summed E-state index contributed by atoms with van der Waals surface area (Å²) in [5.74, 6) is 2.76. The first kappa shape index (κ1) is 46.2. The Morgan fingerprint density at radius 2 is 0.755 bits per heavy atom. The van der Waals surface area contributed by atoms with Gasteiger partial charge in [-0.1, -0.05) is 154 Å². The smallest absolute Gasteiger partial charge is 0.223 e. The third kappa shape index (κ3) is 20.3. The predicted octanol–water partition coefficient (Wildman–Crippen LogP) is 12.9. The molecule has 2 aromatic carbocycles. The third-order valence-corrected chi connectivity index (χ3v) is 8.79. The normalized spacial score (nSPS) is 13.5. The summed E-state index contributed by atoms with van der Waals surface area (Å²) < 4.78 is 47.1. The van der Waals surface area contributed by atoms with E-state index in [1.165, 1.54) is 0 Å². The molecule has 0 aromatic heterocycles. The summed E-state index contributed by atoms with van der Waals surface area (Å²) in [5.41, 5.74) is 2.07. The Bertz CT molecular complexity index is 1080. The fraction of sp³-hybridized carbons (Fsp3) is 0.652. The molecule has 0 amide bonds. The van der Waals surface area contributed by atoms with Crippen LogP contribution in [0.1, 0.15) is 155 Å². The van der Waals surface area contributed by atoms with E-state index < -0.39 is 12.6 Å². The van der Waals surface area contributed by atoms with Crippen LogP contribution in [0.2, 0.25) is 0 Å². The molecule has 7 heteroatoms. The van der Waals surface area contributed by atoms with Crippen molar-refractivity contribution in [3.8, 4) is 0 Å². The molecule has 0 fully saturated rings. The number of hydrogen-bond acceptors (Lipinski definition) is 7. The molecule has 53 heavy (non-hydrogen) atoms. The molecule has 0 aliphatic rings. The Balaban J connectivity index is 2.78. The molecule has 0 saturated heterocycles. The molecule has 0 heterocycles. The molecule has 0 bridgehead atoms. The largest absolute Gasteiger partial charge is 0.494 e. The number of ether oxygens (including phenoxy) is 7. The second-order valence-corrected chi connectivity index (χ2v) is 13.7. The van der Waals surface area contributed by atoms with E-state index in [0.717, 1.165) is 125 Å². The second-order valence-electron chi connectivity index (χ2n) is 13.7. The summed E-state index contributed by atoms with van der Waals surface area (Å²) in [4.78, 5) is 0. The summed E-state index contributed by atoms with van der Waals surface area (Å²) in [6.07, 6.45) is 13.8. The van der Waals surface area contributed by atoms with Crippen molar-refractivity contribution in [2.24, 2.45) is 0 Å². The van der Waals surface area contributed by atoms with Crippen LogP contribution in [0, 0.1) is 0 Å². The van der Waals surface area contributed by atoms with Gasteiger partial charge in [-0.2, -0.15) is 0 Å². The van der Waals surface area contributed by atoms with E-state index in [1.54, 1.807) is 0 Å². The van der Waals surface area contributed by atoms with Crippen molar-refractivity contribution in [1.29, 1.82) is 0 Å². The average molecular weight is 739 g/mol. The Hall–Kier alpha value is -3.00. The fourth-order valence-corrected chi connectivity index (χ4v) is 5.45. The molecule has 0 aliphatic carbocycles. The van der Waals surface area contributed by atoms with Crippen molar-refractivity contribution in [2.45, 2.75) is 170 Å². The van der Waals surface area contributed by atoms with Gasteiger partial charge in [0.1, 0.15) is 11.5 Å². The van der Waals surface area contributed by atoms with Gasteiger partial charge in [0.15, 0.2) is 11.5 Å². The molecular weight excluding hydrogens is 664 g/mol. The highest BCUT2D eigenvalue weighted by Crippen LogP contribution is 2.30. The van der Waals surface area contributed by atoms with Gasteiger partial charge in [0, 0.05) is 12.8 Å². The van der Waals surface area contributed by atoms with Crippen LogP contribution in [0.4, 0.5) is 0 Å².